The lowest BCUT2D eigenvalue weighted by atomic mass is 10.2. The maximum Gasteiger partial charge on any atom is 0.137 e. The van der Waals surface area contributed by atoms with Crippen LogP contribution in [0.4, 0.5) is 5.82 Å². The van der Waals surface area contributed by atoms with Gasteiger partial charge in [0.1, 0.15) is 16.8 Å². The molecule has 0 aromatic carbocycles. The SMILES string of the molecule is CCCC(O)CNc1nc(CC)nc(Cl)c1C. The van der Waals surface area contributed by atoms with Crippen molar-refractivity contribution in [1.82, 2.24) is 9.97 Å². The number of rotatable bonds is 6. The minimum absolute atomic E-state index is 0.349. The number of aliphatic hydroxyl groups is 1. The van der Waals surface area contributed by atoms with E-state index in [1.54, 1.807) is 0 Å². The molecule has 0 radical (unpaired) electrons. The summed E-state index contributed by atoms with van der Waals surface area (Å²) in [5, 5.41) is 13.3. The predicted molar refractivity (Wildman–Crippen MR) is 70.6 cm³/mol. The highest BCUT2D eigenvalue weighted by Gasteiger charge is 2.09. The van der Waals surface area contributed by atoms with Gasteiger partial charge in [-0.05, 0) is 13.3 Å². The average molecular weight is 258 g/mol. The third-order valence-corrected chi connectivity index (χ3v) is 2.94. The monoisotopic (exact) mass is 257 g/mol. The zero-order valence-corrected chi connectivity index (χ0v) is 11.4. The van der Waals surface area contributed by atoms with Crippen LogP contribution in [0.5, 0.6) is 0 Å². The first-order chi connectivity index (χ1) is 8.08. The lowest BCUT2D eigenvalue weighted by molar-refractivity contribution is 0.176. The number of aromatic nitrogens is 2. The average Bonchev–Trinajstić information content (AvgIpc) is 2.31. The molecule has 0 fully saturated rings. The summed E-state index contributed by atoms with van der Waals surface area (Å²) >= 11 is 6.02. The normalized spacial score (nSPS) is 12.5. The Morgan fingerprint density at radius 2 is 2.06 bits per heavy atom. The Balaban J connectivity index is 2.72. The molecule has 2 N–H and O–H groups in total. The molecule has 1 rings (SSSR count). The predicted octanol–water partition coefficient (Wildman–Crippen LogP) is 2.57. The molecule has 5 heteroatoms. The summed E-state index contributed by atoms with van der Waals surface area (Å²) in [6.07, 6.45) is 2.14. The fraction of sp³-hybridized carbons (Fsp3) is 0.667. The van der Waals surface area contributed by atoms with Gasteiger partial charge in [0.15, 0.2) is 0 Å². The van der Waals surface area contributed by atoms with E-state index in [2.05, 4.69) is 15.3 Å². The summed E-state index contributed by atoms with van der Waals surface area (Å²) in [7, 11) is 0. The van der Waals surface area contributed by atoms with Crippen molar-refractivity contribution < 1.29 is 5.11 Å². The van der Waals surface area contributed by atoms with Gasteiger partial charge in [-0.1, -0.05) is 31.9 Å². The molecular formula is C12H20ClN3O. The first kappa shape index (κ1) is 14.2. The fourth-order valence-corrected chi connectivity index (χ4v) is 1.70. The maximum atomic E-state index is 9.66. The number of anilines is 1. The van der Waals surface area contributed by atoms with Crippen LogP contribution in [0.15, 0.2) is 0 Å². The molecule has 1 aromatic rings. The Morgan fingerprint density at radius 3 is 2.65 bits per heavy atom. The van der Waals surface area contributed by atoms with Crippen molar-refractivity contribution in [1.29, 1.82) is 0 Å². The lowest BCUT2D eigenvalue weighted by Crippen LogP contribution is -2.20. The van der Waals surface area contributed by atoms with E-state index < -0.39 is 0 Å². The van der Waals surface area contributed by atoms with Crippen molar-refractivity contribution in [3.05, 3.63) is 16.5 Å². The largest absolute Gasteiger partial charge is 0.391 e. The molecule has 0 bridgehead atoms. The standard InChI is InChI=1S/C12H20ClN3O/c1-4-6-9(17)7-14-12-8(3)11(13)15-10(5-2)16-12/h9,17H,4-7H2,1-3H3,(H,14,15,16). The zero-order chi connectivity index (χ0) is 12.8. The zero-order valence-electron chi connectivity index (χ0n) is 10.6. The van der Waals surface area contributed by atoms with E-state index in [0.717, 1.165) is 30.6 Å². The smallest absolute Gasteiger partial charge is 0.137 e. The van der Waals surface area contributed by atoms with Gasteiger partial charge in [-0.15, -0.1) is 0 Å². The van der Waals surface area contributed by atoms with Gasteiger partial charge >= 0.3 is 0 Å². The van der Waals surface area contributed by atoms with E-state index in [1.165, 1.54) is 0 Å². The Labute approximate surface area is 107 Å². The van der Waals surface area contributed by atoms with Crippen molar-refractivity contribution in [3.63, 3.8) is 0 Å². The molecule has 1 aromatic heterocycles. The molecule has 0 spiro atoms. The van der Waals surface area contributed by atoms with E-state index in [4.69, 9.17) is 11.6 Å². The summed E-state index contributed by atoms with van der Waals surface area (Å²) in [6, 6.07) is 0. The van der Waals surface area contributed by atoms with Gasteiger partial charge in [0, 0.05) is 18.5 Å². The highest BCUT2D eigenvalue weighted by atomic mass is 35.5. The van der Waals surface area contributed by atoms with Crippen molar-refractivity contribution in [2.24, 2.45) is 0 Å². The fourth-order valence-electron chi connectivity index (χ4n) is 1.51. The second kappa shape index (κ2) is 6.77. The molecule has 1 atom stereocenters. The number of aliphatic hydroxyl groups excluding tert-OH is 1. The van der Waals surface area contributed by atoms with E-state index >= 15 is 0 Å². The molecule has 0 amide bonds. The number of hydrogen-bond acceptors (Lipinski definition) is 4. The van der Waals surface area contributed by atoms with Crippen LogP contribution in [0, 0.1) is 6.92 Å². The van der Waals surface area contributed by atoms with Crippen molar-refractivity contribution in [2.75, 3.05) is 11.9 Å². The van der Waals surface area contributed by atoms with Gasteiger partial charge in [-0.2, -0.15) is 0 Å². The summed E-state index contributed by atoms with van der Waals surface area (Å²) < 4.78 is 0. The van der Waals surface area contributed by atoms with E-state index in [1.807, 2.05) is 20.8 Å². The number of hydrogen-bond donors (Lipinski definition) is 2. The maximum absolute atomic E-state index is 9.66. The van der Waals surface area contributed by atoms with Gasteiger partial charge in [0.25, 0.3) is 0 Å². The number of nitrogens with one attached hydrogen (secondary N) is 1. The highest BCUT2D eigenvalue weighted by molar-refractivity contribution is 6.30. The van der Waals surface area contributed by atoms with Crippen LogP contribution >= 0.6 is 11.6 Å². The summed E-state index contributed by atoms with van der Waals surface area (Å²) in [5.41, 5.74) is 0.826. The van der Waals surface area contributed by atoms with Crippen LogP contribution < -0.4 is 5.32 Å². The quantitative estimate of drug-likeness (QED) is 0.769. The Bertz CT molecular complexity index is 371. The molecule has 96 valence electrons. The second-order valence-corrected chi connectivity index (χ2v) is 4.44. The molecule has 0 aliphatic carbocycles. The lowest BCUT2D eigenvalue weighted by Gasteiger charge is -2.14. The minimum Gasteiger partial charge on any atom is -0.391 e. The first-order valence-electron chi connectivity index (χ1n) is 6.03. The van der Waals surface area contributed by atoms with E-state index in [-0.39, 0.29) is 6.10 Å². The van der Waals surface area contributed by atoms with Crippen LogP contribution in [0.2, 0.25) is 5.15 Å². The third kappa shape index (κ3) is 4.13. The van der Waals surface area contributed by atoms with Crippen LogP contribution in [0.1, 0.15) is 38.1 Å². The Kier molecular flexibility index (Phi) is 5.65. The van der Waals surface area contributed by atoms with Crippen molar-refractivity contribution in [3.8, 4) is 0 Å². The van der Waals surface area contributed by atoms with Crippen molar-refractivity contribution >= 4 is 17.4 Å². The Hall–Kier alpha value is -0.870. The molecule has 0 aliphatic rings. The Morgan fingerprint density at radius 1 is 1.35 bits per heavy atom. The number of nitrogens with zero attached hydrogens (tertiary/aromatic N) is 2. The minimum atomic E-state index is -0.349. The molecule has 0 saturated carbocycles. The van der Waals surface area contributed by atoms with Gasteiger partial charge in [0.05, 0.1) is 6.10 Å². The second-order valence-electron chi connectivity index (χ2n) is 4.08. The summed E-state index contributed by atoms with van der Waals surface area (Å²) in [4.78, 5) is 8.53. The molecule has 1 heterocycles. The molecule has 17 heavy (non-hydrogen) atoms. The van der Waals surface area contributed by atoms with Crippen molar-refractivity contribution in [2.45, 2.75) is 46.1 Å². The summed E-state index contributed by atoms with van der Waals surface area (Å²) in [6.45, 7) is 6.39. The van der Waals surface area contributed by atoms with E-state index in [0.29, 0.717) is 17.5 Å². The molecule has 4 nitrogen and oxygen atoms in total. The highest BCUT2D eigenvalue weighted by Crippen LogP contribution is 2.20. The van der Waals surface area contributed by atoms with Gasteiger partial charge in [-0.25, -0.2) is 9.97 Å². The summed E-state index contributed by atoms with van der Waals surface area (Å²) in [5.74, 6) is 1.44. The molecule has 1 unspecified atom stereocenters. The van der Waals surface area contributed by atoms with Gasteiger partial charge < -0.3 is 10.4 Å². The molecule has 0 aliphatic heterocycles. The van der Waals surface area contributed by atoms with Crippen LogP contribution in [-0.2, 0) is 6.42 Å². The van der Waals surface area contributed by atoms with Crippen LogP contribution in [0.3, 0.4) is 0 Å². The topological polar surface area (TPSA) is 58.0 Å². The van der Waals surface area contributed by atoms with Gasteiger partial charge in [0.2, 0.25) is 0 Å². The number of halogens is 1. The molecule has 0 saturated heterocycles. The third-order valence-electron chi connectivity index (χ3n) is 2.58. The van der Waals surface area contributed by atoms with Gasteiger partial charge in [-0.3, -0.25) is 0 Å². The first-order valence-corrected chi connectivity index (χ1v) is 6.41. The van der Waals surface area contributed by atoms with E-state index in [9.17, 15) is 5.11 Å². The van der Waals surface area contributed by atoms with Crippen LogP contribution in [0.25, 0.3) is 0 Å². The van der Waals surface area contributed by atoms with Crippen LogP contribution in [-0.4, -0.2) is 27.7 Å². The number of aryl methyl sites for hydroxylation is 1. The molecular weight excluding hydrogens is 238 g/mol.